The summed E-state index contributed by atoms with van der Waals surface area (Å²) in [7, 11) is 0. The predicted molar refractivity (Wildman–Crippen MR) is 43.0 cm³/mol. The van der Waals surface area contributed by atoms with Gasteiger partial charge in [0.15, 0.2) is 0 Å². The van der Waals surface area contributed by atoms with Crippen LogP contribution in [0.1, 0.15) is 0 Å². The first-order valence-electron chi connectivity index (χ1n) is 3.04. The fraction of sp³-hybridized carbons (Fsp3) is 0. The van der Waals surface area contributed by atoms with E-state index in [0.29, 0.717) is 0 Å². The molecular formula is F18InSb3. The maximum Gasteiger partial charge on any atom is 3.00 e. The van der Waals surface area contributed by atoms with E-state index in [4.69, 9.17) is 0 Å². The van der Waals surface area contributed by atoms with E-state index in [9.17, 15) is 50.6 Å². The van der Waals surface area contributed by atoms with Crippen LogP contribution in [-0.2, 0) is 0 Å². The molecule has 0 aliphatic carbocycles. The summed E-state index contributed by atoms with van der Waals surface area (Å²) in [5.74, 6) is 0. The van der Waals surface area contributed by atoms with Crippen LogP contribution in [0.3, 0.4) is 0 Å². The fourth-order valence-electron chi connectivity index (χ4n) is 0. The Morgan fingerprint density at radius 1 is 0.227 bits per heavy atom. The van der Waals surface area contributed by atoms with Crippen molar-refractivity contribution in [2.75, 3.05) is 0 Å². The van der Waals surface area contributed by atoms with E-state index in [2.05, 4.69) is 0 Å². The minimum Gasteiger partial charge on any atom is 3.00 e. The van der Waals surface area contributed by atoms with Crippen molar-refractivity contribution in [2.24, 2.45) is 0 Å². The molecule has 0 nitrogen and oxygen atoms in total. The molecule has 0 heterocycles. The van der Waals surface area contributed by atoms with E-state index in [1.807, 2.05) is 0 Å². The smallest absolute Gasteiger partial charge is 3.00 e. The molecule has 0 unspecified atom stereocenters. The number of hydrogen-bond acceptors (Lipinski definition) is 0. The van der Waals surface area contributed by atoms with Crippen LogP contribution >= 0.6 is 0 Å². The van der Waals surface area contributed by atoms with Gasteiger partial charge in [-0.25, -0.2) is 0 Å². The zero-order valence-corrected chi connectivity index (χ0v) is 19.7. The molecule has 144 valence electrons. The Morgan fingerprint density at radius 2 is 0.227 bits per heavy atom. The topological polar surface area (TPSA) is 0 Å². The summed E-state index contributed by atoms with van der Waals surface area (Å²) in [5, 5.41) is 0. The minimum atomic E-state index is -11.2. The summed E-state index contributed by atoms with van der Waals surface area (Å²) < 4.78 is 179. The van der Waals surface area contributed by atoms with Gasteiger partial charge < -0.3 is 0 Å². The van der Waals surface area contributed by atoms with Gasteiger partial charge in [-0.3, -0.25) is 0 Å². The van der Waals surface area contributed by atoms with Crippen LogP contribution in [0.4, 0.5) is 50.6 Å². The maximum absolute atomic E-state index is 11.2. The molecule has 0 aromatic rings. The standard InChI is InChI=1S/18FH.In.3Sb/h18*1H;;;;/q;;;;;;;;;;;;;;;;;;+3;3*+5/p-18. The number of rotatable bonds is 0. The van der Waals surface area contributed by atoms with Gasteiger partial charge >= 0.3 is 135 Å². The second-order valence-corrected chi connectivity index (χ2v) is 19.3. The molecule has 0 bridgehead atoms. The zero-order chi connectivity index (χ0) is 19.2. The van der Waals surface area contributed by atoms with Gasteiger partial charge in [0.1, 0.15) is 0 Å². The molecule has 0 N–H and O–H groups in total. The summed E-state index contributed by atoms with van der Waals surface area (Å²) in [5.41, 5.74) is 0. The monoisotopic (exact) mass is 820 g/mol. The van der Waals surface area contributed by atoms with Crippen LogP contribution in [0.5, 0.6) is 0 Å². The molecule has 0 spiro atoms. The first-order chi connectivity index (χ1) is 7.35. The molecule has 0 saturated carbocycles. The normalized spacial score (nSPS) is 22.1. The largest absolute Gasteiger partial charge is 3.00 e. The van der Waals surface area contributed by atoms with Gasteiger partial charge in [0, 0.05) is 0 Å². The summed E-state index contributed by atoms with van der Waals surface area (Å²) in [6, 6.07) is 0. The summed E-state index contributed by atoms with van der Waals surface area (Å²) in [6.07, 6.45) is 0. The quantitative estimate of drug-likeness (QED) is 0.207. The first-order valence-corrected chi connectivity index (χ1v) is 20.4. The molecule has 22 heavy (non-hydrogen) atoms. The number of hydrogen-bond donors (Lipinski definition) is 0. The third-order valence-corrected chi connectivity index (χ3v) is 0. The predicted octanol–water partition coefficient (Wildman–Crippen LogP) is 6.04. The average molecular weight is 822 g/mol. The molecule has 0 rings (SSSR count). The Kier molecular flexibility index (Phi) is 7.33. The van der Waals surface area contributed by atoms with Gasteiger partial charge in [-0.15, -0.1) is 0 Å². The maximum atomic E-state index is 9.93. The Morgan fingerprint density at radius 3 is 0.227 bits per heavy atom. The van der Waals surface area contributed by atoms with Crippen LogP contribution in [-0.4, -0.2) is 84.3 Å². The number of halogens is 18. The molecule has 0 aliphatic heterocycles. The SMILES string of the molecule is [F][Sb-]([F])([F])([F])([F])[F].[F][Sb-]([F])([F])([F])([F])[F].[F][Sb-]([F])([F])([F])([F])[F].[In+3]. The summed E-state index contributed by atoms with van der Waals surface area (Å²) >= 11 is -33.8. The fourth-order valence-corrected chi connectivity index (χ4v) is 0. The van der Waals surface area contributed by atoms with E-state index < -0.39 is 58.4 Å². The Balaban J connectivity index is -0.000000108. The first kappa shape index (κ1) is 31.8. The van der Waals surface area contributed by atoms with Crippen molar-refractivity contribution in [2.45, 2.75) is 0 Å². The third-order valence-electron chi connectivity index (χ3n) is 0. The van der Waals surface area contributed by atoms with E-state index in [0.717, 1.165) is 0 Å². The van der Waals surface area contributed by atoms with Gasteiger partial charge in [0.2, 0.25) is 0 Å². The van der Waals surface area contributed by atoms with Crippen molar-refractivity contribution >= 4 is 84.3 Å². The molecular weight excluding hydrogens is 822 g/mol. The molecule has 0 atom stereocenters. The van der Waals surface area contributed by atoms with E-state index in [-0.39, 0.29) is 25.8 Å². The van der Waals surface area contributed by atoms with E-state index in [1.54, 1.807) is 0 Å². The van der Waals surface area contributed by atoms with Gasteiger partial charge in [-0.05, 0) is 0 Å². The Labute approximate surface area is 133 Å². The van der Waals surface area contributed by atoms with Gasteiger partial charge in [-0.2, -0.15) is 0 Å². The second-order valence-electron chi connectivity index (χ2n) is 2.87. The Hall–Kier alpha value is 2.06. The van der Waals surface area contributed by atoms with E-state index in [1.165, 1.54) is 0 Å². The molecule has 0 aliphatic rings. The molecule has 0 radical (unpaired) electrons. The summed E-state index contributed by atoms with van der Waals surface area (Å²) in [6.45, 7) is 0. The van der Waals surface area contributed by atoms with Crippen molar-refractivity contribution < 1.29 is 50.6 Å². The molecule has 0 aromatic carbocycles. The molecule has 0 fully saturated rings. The molecule has 0 saturated heterocycles. The third kappa shape index (κ3) is 2300. The van der Waals surface area contributed by atoms with Gasteiger partial charge in [0.05, 0.1) is 0 Å². The van der Waals surface area contributed by atoms with Gasteiger partial charge in [-0.1, -0.05) is 0 Å². The molecule has 0 amide bonds. The van der Waals surface area contributed by atoms with Crippen LogP contribution in [0.15, 0.2) is 0 Å². The Bertz CT molecular complexity index is 265. The van der Waals surface area contributed by atoms with Crippen LogP contribution in [0.2, 0.25) is 0 Å². The average Bonchev–Trinajstić information content (AvgIpc) is 1.19. The van der Waals surface area contributed by atoms with Crippen molar-refractivity contribution in [3.63, 3.8) is 0 Å². The van der Waals surface area contributed by atoms with Crippen molar-refractivity contribution in [1.29, 1.82) is 0 Å². The van der Waals surface area contributed by atoms with Gasteiger partial charge in [0.25, 0.3) is 0 Å². The van der Waals surface area contributed by atoms with Crippen molar-refractivity contribution in [1.82, 2.24) is 0 Å². The zero-order valence-electron chi connectivity index (χ0n) is 8.72. The van der Waals surface area contributed by atoms with Crippen LogP contribution in [0.25, 0.3) is 0 Å². The molecule has 0 aromatic heterocycles. The van der Waals surface area contributed by atoms with E-state index >= 15 is 0 Å². The second kappa shape index (κ2) is 5.07. The van der Waals surface area contributed by atoms with Crippen LogP contribution < -0.4 is 0 Å². The molecule has 22 heteroatoms. The summed E-state index contributed by atoms with van der Waals surface area (Å²) in [4.78, 5) is 0. The van der Waals surface area contributed by atoms with Crippen molar-refractivity contribution in [3.05, 3.63) is 0 Å². The van der Waals surface area contributed by atoms with Crippen LogP contribution in [0, 0.1) is 0 Å². The van der Waals surface area contributed by atoms with Crippen molar-refractivity contribution in [3.8, 4) is 0 Å². The minimum absolute atomic E-state index is 0.